The van der Waals surface area contributed by atoms with Gasteiger partial charge in [0.05, 0.1) is 122 Å². The van der Waals surface area contributed by atoms with Gasteiger partial charge in [-0.1, -0.05) is 108 Å². The van der Waals surface area contributed by atoms with Crippen LogP contribution in [0.25, 0.3) is 0 Å². The first-order valence-corrected chi connectivity index (χ1v) is 36.6. The molecule has 20 heteroatoms. The van der Waals surface area contributed by atoms with Gasteiger partial charge in [-0.2, -0.15) is 0 Å². The predicted octanol–water partition coefficient (Wildman–Crippen LogP) is 9.86. The Morgan fingerprint density at radius 2 is 0.856 bits per heavy atom. The normalized spacial score (nSPS) is 40.6. The summed E-state index contributed by atoms with van der Waals surface area (Å²) < 4.78 is 61.1. The number of aliphatic hydroxyl groups excluding tert-OH is 8. The lowest BCUT2D eigenvalue weighted by molar-refractivity contribution is -0.158. The van der Waals surface area contributed by atoms with Crippen LogP contribution in [0.15, 0.2) is 71.9 Å². The van der Waals surface area contributed by atoms with Crippen molar-refractivity contribution in [2.45, 2.75) is 332 Å². The van der Waals surface area contributed by atoms with E-state index in [4.69, 9.17) is 47.4 Å². The number of cyclic esters (lactones) is 2. The summed E-state index contributed by atoms with van der Waals surface area (Å²) in [4.78, 5) is 27.7. The van der Waals surface area contributed by atoms with Crippen molar-refractivity contribution in [1.82, 2.24) is 0 Å². The second-order valence-electron chi connectivity index (χ2n) is 29.9. The molecule has 0 saturated carbocycles. The van der Waals surface area contributed by atoms with Crippen molar-refractivity contribution >= 4 is 11.9 Å². The van der Waals surface area contributed by atoms with E-state index in [1.165, 1.54) is 12.2 Å². The Hall–Kier alpha value is -3.26. The van der Waals surface area contributed by atoms with Gasteiger partial charge in [-0.3, -0.25) is 0 Å². The Balaban J connectivity index is 1.35. The number of aliphatic hydroxyl groups is 8. The zero-order valence-corrected chi connectivity index (χ0v) is 61.4. The molecule has 5 heterocycles. The zero-order chi connectivity index (χ0) is 71.6. The number of esters is 2. The quantitative estimate of drug-likeness (QED) is 0.0527. The van der Waals surface area contributed by atoms with Gasteiger partial charge in [0.1, 0.15) is 12.2 Å². The molecule has 8 N–H and O–H groups in total. The van der Waals surface area contributed by atoms with Gasteiger partial charge >= 0.3 is 11.9 Å². The molecule has 5 rings (SSSR count). The molecule has 0 unspecified atom stereocenters. The Morgan fingerprint density at radius 3 is 1.28 bits per heavy atom. The highest BCUT2D eigenvalue weighted by Crippen LogP contribution is 2.36. The average Bonchev–Trinajstić information content (AvgIpc) is 0.861. The summed E-state index contributed by atoms with van der Waals surface area (Å²) in [5.41, 5.74) is 1.39. The Morgan fingerprint density at radius 1 is 0.454 bits per heavy atom. The monoisotopic (exact) mass is 1370 g/mol. The largest absolute Gasteiger partial charge is 0.458 e. The first-order valence-electron chi connectivity index (χ1n) is 36.6. The Labute approximate surface area is 581 Å². The molecule has 0 spiro atoms. The number of fused-ring (bicyclic) bond motifs is 4. The van der Waals surface area contributed by atoms with E-state index in [9.17, 15) is 50.4 Å². The molecule has 0 aromatic carbocycles. The van der Waals surface area contributed by atoms with E-state index in [2.05, 4.69) is 0 Å². The van der Waals surface area contributed by atoms with Crippen LogP contribution in [0, 0.1) is 41.4 Å². The molecule has 20 nitrogen and oxygen atoms in total. The van der Waals surface area contributed by atoms with Crippen LogP contribution in [0.1, 0.15) is 198 Å². The van der Waals surface area contributed by atoms with Crippen LogP contribution < -0.4 is 0 Å². The number of hydrogen-bond donors (Lipinski definition) is 8. The average molecular weight is 1380 g/mol. The lowest BCUT2D eigenvalue weighted by Gasteiger charge is -2.38. The van der Waals surface area contributed by atoms with Gasteiger partial charge in [0.25, 0.3) is 0 Å². The molecule has 558 valence electrons. The minimum atomic E-state index is -1.16. The smallest absolute Gasteiger partial charge is 0.331 e. The van der Waals surface area contributed by atoms with E-state index in [1.54, 1.807) is 54.4 Å². The number of carbonyl (C=O) groups excluding carboxylic acids is 2. The highest BCUT2D eigenvalue weighted by atomic mass is 16.6. The molecular weight excluding hydrogens is 1240 g/mol. The van der Waals surface area contributed by atoms with Crippen LogP contribution in [0.5, 0.6) is 0 Å². The van der Waals surface area contributed by atoms with Crippen LogP contribution in [0.4, 0.5) is 0 Å². The van der Waals surface area contributed by atoms with Crippen molar-refractivity contribution in [3.8, 4) is 0 Å². The van der Waals surface area contributed by atoms with Gasteiger partial charge in [-0.05, 0) is 136 Å². The fraction of sp³-hybridized carbons (Fsp3) is 0.818. The number of methoxy groups -OCH3 is 4. The molecule has 5 aliphatic rings. The molecule has 0 aromatic rings. The van der Waals surface area contributed by atoms with Crippen LogP contribution >= 0.6 is 0 Å². The summed E-state index contributed by atoms with van der Waals surface area (Å²) in [5.74, 6) is -5.00. The predicted molar refractivity (Wildman–Crippen MR) is 373 cm³/mol. The van der Waals surface area contributed by atoms with Crippen LogP contribution in [0.2, 0.25) is 0 Å². The number of allylic oxidation sites excluding steroid dienone is 4. The van der Waals surface area contributed by atoms with Gasteiger partial charge in [0.2, 0.25) is 0 Å². The topological polar surface area (TPSA) is 288 Å². The highest BCUT2D eigenvalue weighted by molar-refractivity contribution is 5.83. The van der Waals surface area contributed by atoms with Crippen molar-refractivity contribution in [2.24, 2.45) is 41.4 Å². The van der Waals surface area contributed by atoms with Crippen LogP contribution in [-0.4, -0.2) is 216 Å². The summed E-state index contributed by atoms with van der Waals surface area (Å²) in [6, 6.07) is 0. The number of rotatable bonds is 16. The first kappa shape index (κ1) is 84.4. The summed E-state index contributed by atoms with van der Waals surface area (Å²) in [7, 11) is 6.57. The van der Waals surface area contributed by atoms with Crippen molar-refractivity contribution in [1.29, 1.82) is 0 Å². The van der Waals surface area contributed by atoms with Gasteiger partial charge in [0, 0.05) is 95.9 Å². The molecule has 4 bridgehead atoms. The molecule has 97 heavy (non-hydrogen) atoms. The van der Waals surface area contributed by atoms with Crippen molar-refractivity contribution in [2.75, 3.05) is 28.4 Å². The van der Waals surface area contributed by atoms with Gasteiger partial charge in [-0.25, -0.2) is 9.59 Å². The summed E-state index contributed by atoms with van der Waals surface area (Å²) in [6.07, 6.45) is 14.5. The Kier molecular flexibility index (Phi) is 37.4. The highest BCUT2D eigenvalue weighted by Gasteiger charge is 2.42. The van der Waals surface area contributed by atoms with Crippen LogP contribution in [0.3, 0.4) is 0 Å². The van der Waals surface area contributed by atoms with Crippen molar-refractivity contribution < 1.29 is 97.8 Å². The standard InChI is InChI=1S/C77H130O20/c1-45-22-28-56(78)36-59-18-16-20-61(94-59)40-67(90-14)38-58(80)39-68(81)52(8)76(54(10)74(86)47(3)26-30-63-41-65(88-12)34-49(5)92-63)96-72(84)32-24-46(2)23-29-57(79)37-60-19-17-21-62(95-60)43-71(91-15)51(7)69(82)44-70(83)53(9)77(97-73(85)33-25-45)55(11)75(87)48(4)27-31-64-42-66(89-13)35-50(6)93-64/h16-19,22-25,32-33,47-71,74-83,86-87H,20-21,26-31,34-44H2,1-15H3/b32-24+,33-25+,45-22+,46-23+/t47-,48-,49-,50-,51-,52-,53-,54-,55-,56-,57-,58+,59-,60-,61-,62-,63-,64-,65+,66+,67+,68+,69-,70+,71-,74-,75-,76-,77-/m0/s1. The first-order chi connectivity index (χ1) is 46.0. The van der Waals surface area contributed by atoms with E-state index in [0.717, 1.165) is 25.7 Å². The molecule has 2 fully saturated rings. The molecule has 0 amide bonds. The molecule has 29 atom stereocenters. The van der Waals surface area contributed by atoms with Crippen LogP contribution in [-0.2, 0) is 57.0 Å². The van der Waals surface area contributed by atoms with Gasteiger partial charge in [0.15, 0.2) is 0 Å². The molecule has 2 saturated heterocycles. The van der Waals surface area contributed by atoms with E-state index in [-0.39, 0.29) is 106 Å². The molecular formula is C77H130O20. The Bertz CT molecular complexity index is 2450. The second-order valence-corrected chi connectivity index (χ2v) is 29.9. The van der Waals surface area contributed by atoms with E-state index < -0.39 is 127 Å². The summed E-state index contributed by atoms with van der Waals surface area (Å²) in [5, 5.41) is 93.9. The second kappa shape index (κ2) is 43.0. The summed E-state index contributed by atoms with van der Waals surface area (Å²) in [6.45, 7) is 20.7. The van der Waals surface area contributed by atoms with E-state index in [0.29, 0.717) is 62.5 Å². The third kappa shape index (κ3) is 28.8. The third-order valence-electron chi connectivity index (χ3n) is 21.7. The number of ether oxygens (including phenoxy) is 10. The number of carbonyl (C=O) groups is 2. The van der Waals surface area contributed by atoms with Crippen molar-refractivity contribution in [3.63, 3.8) is 0 Å². The molecule has 0 aromatic heterocycles. The van der Waals surface area contributed by atoms with Crippen molar-refractivity contribution in [3.05, 3.63) is 71.9 Å². The maximum absolute atomic E-state index is 13.9. The zero-order valence-electron chi connectivity index (χ0n) is 61.4. The lowest BCUT2D eigenvalue weighted by atomic mass is 9.78. The third-order valence-corrected chi connectivity index (χ3v) is 21.7. The minimum absolute atomic E-state index is 0.0265. The molecule has 0 radical (unpaired) electrons. The lowest BCUT2D eigenvalue weighted by Crippen LogP contribution is -2.45. The summed E-state index contributed by atoms with van der Waals surface area (Å²) >= 11 is 0. The van der Waals surface area contributed by atoms with E-state index >= 15 is 0 Å². The van der Waals surface area contributed by atoms with Gasteiger partial charge < -0.3 is 88.2 Å². The maximum atomic E-state index is 13.9. The maximum Gasteiger partial charge on any atom is 0.331 e. The minimum Gasteiger partial charge on any atom is -0.458 e. The molecule has 5 aliphatic heterocycles. The molecule has 0 aliphatic carbocycles. The van der Waals surface area contributed by atoms with Gasteiger partial charge in [-0.15, -0.1) is 0 Å². The fourth-order valence-electron chi connectivity index (χ4n) is 15.1. The number of hydrogen-bond acceptors (Lipinski definition) is 20. The fourth-order valence-corrected chi connectivity index (χ4v) is 15.1. The SMILES string of the molecule is CO[C@@H]1C[C@@H](O)C[C@@H](O)[C@H](C)[C@@H]([C@@H](C)[C@@H](O)[C@@H](C)CC[C@H]2C[C@H](OC)C[C@H](C)O2)OC(=O)/C=C/C(C)=C/C[C@H](O)C[C@@H]2C=CC[C@@H](C[C@H](OC)[C@@H](C)[C@@H](O)C[C@@H](O)[C@H](C)[C@@H]([C@@H](C)[C@@H](O)[C@@H](C)CC[C@H]3C[C@H](OC)C[C@H](C)O3)OC(=O)/C=C/C(C)=C/C[C@H](O)C[C@@H]3C=CC[C@@H](C1)O3)O2. The van der Waals surface area contributed by atoms with E-state index in [1.807, 2.05) is 98.8 Å².